The number of hydrogen-bond donors (Lipinski definition) is 1. The molecule has 1 unspecified atom stereocenters. The predicted octanol–water partition coefficient (Wildman–Crippen LogP) is 2.21. The van der Waals surface area contributed by atoms with Crippen LogP contribution in [0.2, 0.25) is 0 Å². The van der Waals surface area contributed by atoms with Crippen LogP contribution < -0.4 is 5.32 Å². The van der Waals surface area contributed by atoms with Gasteiger partial charge in [-0.3, -0.25) is 14.7 Å². The number of rotatable bonds is 3. The van der Waals surface area contributed by atoms with Crippen molar-refractivity contribution in [1.82, 2.24) is 20.1 Å². The van der Waals surface area contributed by atoms with Crippen molar-refractivity contribution in [3.05, 3.63) is 77.0 Å². The standard InChI is InChI=1S/C19H17FN4O2/c1-23-15-11-24(10-12-3-2-8-21-9-12)18(25)16(15)17(22-19(23)26)13-4-6-14(20)7-5-13/h2-9,17H,10-11H2,1H3,(H,22,26). The summed E-state index contributed by atoms with van der Waals surface area (Å²) in [5.41, 5.74) is 2.80. The molecule has 0 aliphatic carbocycles. The summed E-state index contributed by atoms with van der Waals surface area (Å²) in [7, 11) is 1.65. The van der Waals surface area contributed by atoms with Gasteiger partial charge in [-0.15, -0.1) is 0 Å². The van der Waals surface area contributed by atoms with Crippen LogP contribution in [0.5, 0.6) is 0 Å². The van der Waals surface area contributed by atoms with Crippen LogP contribution in [-0.4, -0.2) is 40.3 Å². The third-order valence-electron chi connectivity index (χ3n) is 4.73. The van der Waals surface area contributed by atoms with E-state index in [9.17, 15) is 14.0 Å². The highest BCUT2D eigenvalue weighted by atomic mass is 19.1. The molecule has 0 saturated heterocycles. The van der Waals surface area contributed by atoms with E-state index in [2.05, 4.69) is 10.3 Å². The molecule has 3 heterocycles. The van der Waals surface area contributed by atoms with Gasteiger partial charge in [0.15, 0.2) is 0 Å². The molecule has 6 nitrogen and oxygen atoms in total. The molecule has 4 rings (SSSR count). The van der Waals surface area contributed by atoms with E-state index in [0.29, 0.717) is 29.9 Å². The number of amides is 3. The topological polar surface area (TPSA) is 65.5 Å². The number of pyridine rings is 1. The van der Waals surface area contributed by atoms with Crippen molar-refractivity contribution < 1.29 is 14.0 Å². The lowest BCUT2D eigenvalue weighted by molar-refractivity contribution is -0.126. The summed E-state index contributed by atoms with van der Waals surface area (Å²) in [5.74, 6) is -0.497. The summed E-state index contributed by atoms with van der Waals surface area (Å²) in [5, 5.41) is 2.83. The van der Waals surface area contributed by atoms with Gasteiger partial charge in [-0.05, 0) is 29.3 Å². The number of urea groups is 1. The van der Waals surface area contributed by atoms with Crippen LogP contribution in [-0.2, 0) is 11.3 Å². The number of likely N-dealkylation sites (N-methyl/N-ethyl adjacent to an activating group) is 1. The first-order valence-electron chi connectivity index (χ1n) is 8.25. The highest BCUT2D eigenvalue weighted by molar-refractivity contribution is 6.01. The molecule has 2 aromatic rings. The Hall–Kier alpha value is -3.22. The van der Waals surface area contributed by atoms with Gasteiger partial charge in [0.05, 0.1) is 23.9 Å². The van der Waals surface area contributed by atoms with Gasteiger partial charge in [0.25, 0.3) is 5.91 Å². The molecule has 1 aromatic carbocycles. The minimum atomic E-state index is -0.583. The third kappa shape index (κ3) is 2.71. The van der Waals surface area contributed by atoms with E-state index >= 15 is 0 Å². The van der Waals surface area contributed by atoms with Gasteiger partial charge >= 0.3 is 6.03 Å². The number of aromatic nitrogens is 1. The molecule has 0 fully saturated rings. The third-order valence-corrected chi connectivity index (χ3v) is 4.73. The summed E-state index contributed by atoms with van der Waals surface area (Å²) < 4.78 is 13.3. The van der Waals surface area contributed by atoms with Gasteiger partial charge in [-0.1, -0.05) is 18.2 Å². The molecule has 7 heteroatoms. The zero-order chi connectivity index (χ0) is 18.3. The number of hydrogen-bond acceptors (Lipinski definition) is 3. The smallest absolute Gasteiger partial charge is 0.322 e. The lowest BCUT2D eigenvalue weighted by Gasteiger charge is -2.31. The summed E-state index contributed by atoms with van der Waals surface area (Å²) in [6, 6.07) is 8.69. The summed E-state index contributed by atoms with van der Waals surface area (Å²) >= 11 is 0. The van der Waals surface area contributed by atoms with Crippen molar-refractivity contribution in [1.29, 1.82) is 0 Å². The molecule has 1 N–H and O–H groups in total. The van der Waals surface area contributed by atoms with Gasteiger partial charge in [0.1, 0.15) is 5.82 Å². The lowest BCUT2D eigenvalue weighted by atomic mass is 9.96. The first kappa shape index (κ1) is 16.3. The Kier molecular flexibility index (Phi) is 3.91. The van der Waals surface area contributed by atoms with Crippen molar-refractivity contribution >= 4 is 11.9 Å². The highest BCUT2D eigenvalue weighted by Crippen LogP contribution is 2.36. The molecule has 0 bridgehead atoms. The van der Waals surface area contributed by atoms with Gasteiger partial charge in [-0.2, -0.15) is 0 Å². The molecule has 0 saturated carbocycles. The fraction of sp³-hybridized carbons (Fsp3) is 0.211. The molecule has 1 aromatic heterocycles. The number of nitrogens with one attached hydrogen (secondary N) is 1. The maximum atomic E-state index is 13.3. The minimum absolute atomic E-state index is 0.134. The maximum absolute atomic E-state index is 13.3. The van der Waals surface area contributed by atoms with E-state index in [-0.39, 0.29) is 17.8 Å². The van der Waals surface area contributed by atoms with E-state index in [1.54, 1.807) is 36.5 Å². The minimum Gasteiger partial charge on any atom is -0.329 e. The molecule has 2 aliphatic rings. The van der Waals surface area contributed by atoms with Crippen LogP contribution in [0, 0.1) is 5.82 Å². The Morgan fingerprint density at radius 1 is 1.23 bits per heavy atom. The van der Waals surface area contributed by atoms with E-state index in [4.69, 9.17) is 0 Å². The molecule has 2 aliphatic heterocycles. The Labute approximate surface area is 149 Å². The van der Waals surface area contributed by atoms with E-state index in [1.165, 1.54) is 17.0 Å². The summed E-state index contributed by atoms with van der Waals surface area (Å²) in [6.07, 6.45) is 3.40. The summed E-state index contributed by atoms with van der Waals surface area (Å²) in [4.78, 5) is 32.6. The predicted molar refractivity (Wildman–Crippen MR) is 92.1 cm³/mol. The molecule has 0 spiro atoms. The van der Waals surface area contributed by atoms with E-state index in [0.717, 1.165) is 5.56 Å². The molecule has 26 heavy (non-hydrogen) atoms. The number of benzene rings is 1. The zero-order valence-corrected chi connectivity index (χ0v) is 14.1. The molecular formula is C19H17FN4O2. The molecule has 3 amide bonds. The number of carbonyl (C=O) groups excluding carboxylic acids is 2. The quantitative estimate of drug-likeness (QED) is 0.921. The Morgan fingerprint density at radius 2 is 2.00 bits per heavy atom. The average Bonchev–Trinajstić information content (AvgIpc) is 2.97. The largest absolute Gasteiger partial charge is 0.329 e. The van der Waals surface area contributed by atoms with Gasteiger partial charge in [0, 0.05) is 26.0 Å². The van der Waals surface area contributed by atoms with Crippen LogP contribution in [0.1, 0.15) is 17.2 Å². The number of halogens is 1. The number of carbonyl (C=O) groups is 2. The van der Waals surface area contributed by atoms with Crippen LogP contribution in [0.15, 0.2) is 60.1 Å². The van der Waals surface area contributed by atoms with Crippen LogP contribution in [0.3, 0.4) is 0 Å². The second kappa shape index (κ2) is 6.25. The normalized spacial score (nSPS) is 19.7. The van der Waals surface area contributed by atoms with Crippen LogP contribution in [0.25, 0.3) is 0 Å². The first-order chi connectivity index (χ1) is 12.5. The van der Waals surface area contributed by atoms with E-state index < -0.39 is 6.04 Å². The Morgan fingerprint density at radius 3 is 2.69 bits per heavy atom. The second-order valence-corrected chi connectivity index (χ2v) is 6.38. The SMILES string of the molecule is CN1C(=O)NC(c2ccc(F)cc2)C2=C1CN(Cc1cccnc1)C2=O. The molecule has 132 valence electrons. The Balaban J connectivity index is 1.67. The van der Waals surface area contributed by atoms with Crippen molar-refractivity contribution in [2.75, 3.05) is 13.6 Å². The fourth-order valence-electron chi connectivity index (χ4n) is 3.37. The Bertz CT molecular complexity index is 896. The average molecular weight is 352 g/mol. The van der Waals surface area contributed by atoms with Gasteiger partial charge < -0.3 is 10.2 Å². The highest BCUT2D eigenvalue weighted by Gasteiger charge is 2.42. The first-order valence-corrected chi connectivity index (χ1v) is 8.25. The van der Waals surface area contributed by atoms with Crippen molar-refractivity contribution in [3.8, 4) is 0 Å². The van der Waals surface area contributed by atoms with Gasteiger partial charge in [0.2, 0.25) is 0 Å². The summed E-state index contributed by atoms with van der Waals surface area (Å²) in [6.45, 7) is 0.766. The second-order valence-electron chi connectivity index (χ2n) is 6.38. The monoisotopic (exact) mass is 352 g/mol. The fourth-order valence-corrected chi connectivity index (χ4v) is 3.37. The van der Waals surface area contributed by atoms with Crippen LogP contribution in [0.4, 0.5) is 9.18 Å². The van der Waals surface area contributed by atoms with Crippen molar-refractivity contribution in [2.24, 2.45) is 0 Å². The number of nitrogens with zero attached hydrogens (tertiary/aromatic N) is 3. The molecule has 1 atom stereocenters. The van der Waals surface area contributed by atoms with Crippen LogP contribution >= 0.6 is 0 Å². The maximum Gasteiger partial charge on any atom is 0.322 e. The van der Waals surface area contributed by atoms with E-state index in [1.807, 2.05) is 12.1 Å². The van der Waals surface area contributed by atoms with Crippen molar-refractivity contribution in [2.45, 2.75) is 12.6 Å². The van der Waals surface area contributed by atoms with Crippen molar-refractivity contribution in [3.63, 3.8) is 0 Å². The lowest BCUT2D eigenvalue weighted by Crippen LogP contribution is -2.45. The zero-order valence-electron chi connectivity index (χ0n) is 14.1. The molecular weight excluding hydrogens is 335 g/mol. The molecule has 0 radical (unpaired) electrons. The van der Waals surface area contributed by atoms with Gasteiger partial charge in [-0.25, -0.2) is 9.18 Å².